The van der Waals surface area contributed by atoms with Gasteiger partial charge >= 0.3 is 0 Å². The number of nitrogens with two attached hydrogens (primary N) is 1. The van der Waals surface area contributed by atoms with Crippen molar-refractivity contribution in [3.05, 3.63) is 11.4 Å². The summed E-state index contributed by atoms with van der Waals surface area (Å²) in [5.41, 5.74) is 7.93. The highest BCUT2D eigenvalue weighted by atomic mass is 35.5. The number of anilines is 1. The molecule has 0 atom stereocenters. The number of nitrogen functional groups attached to an aromatic ring is 1. The summed E-state index contributed by atoms with van der Waals surface area (Å²) in [6.45, 7) is 0. The zero-order valence-corrected chi connectivity index (χ0v) is 7.08. The first kappa shape index (κ1) is 8.40. The quantitative estimate of drug-likeness (QED) is 0.621. The van der Waals surface area contributed by atoms with E-state index in [0.717, 1.165) is 12.8 Å². The van der Waals surface area contributed by atoms with Crippen molar-refractivity contribution >= 4 is 18.4 Å². The van der Waals surface area contributed by atoms with Crippen LogP contribution in [-0.4, -0.2) is 9.97 Å². The van der Waals surface area contributed by atoms with Gasteiger partial charge in [-0.15, -0.1) is 12.4 Å². The molecule has 0 fully saturated rings. The van der Waals surface area contributed by atoms with Gasteiger partial charge < -0.3 is 10.7 Å². The molecule has 0 radical (unpaired) electrons. The Hall–Kier alpha value is -0.700. The van der Waals surface area contributed by atoms with Gasteiger partial charge in [-0.05, 0) is 25.7 Å². The number of imidazole rings is 1. The molecular formula is C7H12ClN3. The van der Waals surface area contributed by atoms with Crippen molar-refractivity contribution in [3.63, 3.8) is 0 Å². The molecule has 0 saturated carbocycles. The summed E-state index contributed by atoms with van der Waals surface area (Å²) in [6, 6.07) is 0. The van der Waals surface area contributed by atoms with Gasteiger partial charge in [0.25, 0.3) is 0 Å². The maximum absolute atomic E-state index is 5.49. The molecule has 62 valence electrons. The molecule has 0 amide bonds. The minimum absolute atomic E-state index is 0. The van der Waals surface area contributed by atoms with Crippen LogP contribution in [-0.2, 0) is 12.8 Å². The van der Waals surface area contributed by atoms with Crippen molar-refractivity contribution in [2.45, 2.75) is 25.7 Å². The van der Waals surface area contributed by atoms with Crippen LogP contribution in [0.15, 0.2) is 0 Å². The monoisotopic (exact) mass is 173 g/mol. The molecule has 3 N–H and O–H groups in total. The van der Waals surface area contributed by atoms with Gasteiger partial charge in [0.15, 0.2) is 5.95 Å². The van der Waals surface area contributed by atoms with Crippen LogP contribution in [0.2, 0.25) is 0 Å². The second-order valence-corrected chi connectivity index (χ2v) is 2.75. The van der Waals surface area contributed by atoms with Gasteiger partial charge in [-0.3, -0.25) is 0 Å². The number of H-pyrrole nitrogens is 1. The van der Waals surface area contributed by atoms with Crippen LogP contribution >= 0.6 is 12.4 Å². The second kappa shape index (κ2) is 3.13. The smallest absolute Gasteiger partial charge is 0.197 e. The molecule has 1 aromatic heterocycles. The normalized spacial score (nSPS) is 15.3. The van der Waals surface area contributed by atoms with Crippen molar-refractivity contribution in [1.82, 2.24) is 9.97 Å². The lowest BCUT2D eigenvalue weighted by Gasteiger charge is -2.07. The van der Waals surface area contributed by atoms with E-state index in [1.165, 1.54) is 24.2 Å². The number of aromatic amines is 1. The molecule has 1 heterocycles. The average molecular weight is 174 g/mol. The summed E-state index contributed by atoms with van der Waals surface area (Å²) >= 11 is 0. The maximum Gasteiger partial charge on any atom is 0.197 e. The first-order valence-electron chi connectivity index (χ1n) is 3.69. The van der Waals surface area contributed by atoms with Crippen LogP contribution < -0.4 is 5.73 Å². The van der Waals surface area contributed by atoms with E-state index in [0.29, 0.717) is 5.95 Å². The van der Waals surface area contributed by atoms with Gasteiger partial charge in [0.05, 0.1) is 5.69 Å². The Morgan fingerprint density at radius 3 is 2.73 bits per heavy atom. The molecule has 0 aliphatic heterocycles. The lowest BCUT2D eigenvalue weighted by Crippen LogP contribution is -2.00. The number of nitrogens with one attached hydrogen (secondary N) is 1. The molecular weight excluding hydrogens is 162 g/mol. The highest BCUT2D eigenvalue weighted by molar-refractivity contribution is 5.85. The molecule has 1 aromatic rings. The van der Waals surface area contributed by atoms with E-state index >= 15 is 0 Å². The van der Waals surface area contributed by atoms with Gasteiger partial charge in [0.1, 0.15) is 0 Å². The fourth-order valence-corrected chi connectivity index (χ4v) is 1.48. The Morgan fingerprint density at radius 1 is 1.27 bits per heavy atom. The van der Waals surface area contributed by atoms with Crippen LogP contribution in [0.25, 0.3) is 0 Å². The Kier molecular flexibility index (Phi) is 2.39. The Morgan fingerprint density at radius 2 is 2.00 bits per heavy atom. The molecule has 3 nitrogen and oxygen atoms in total. The standard InChI is InChI=1S/C7H11N3.ClH/c8-7-9-5-3-1-2-4-6(5)10-7;/h1-4H2,(H3,8,9,10);1H. The summed E-state index contributed by atoms with van der Waals surface area (Å²) in [7, 11) is 0. The third-order valence-electron chi connectivity index (χ3n) is 1.97. The second-order valence-electron chi connectivity index (χ2n) is 2.75. The third-order valence-corrected chi connectivity index (χ3v) is 1.97. The molecule has 0 saturated heterocycles. The van der Waals surface area contributed by atoms with Crippen LogP contribution in [0.3, 0.4) is 0 Å². The van der Waals surface area contributed by atoms with Gasteiger partial charge in [0, 0.05) is 5.69 Å². The number of nitrogens with zero attached hydrogens (tertiary/aromatic N) is 1. The highest BCUT2D eigenvalue weighted by Gasteiger charge is 2.12. The minimum Gasteiger partial charge on any atom is -0.369 e. The number of fused-ring (bicyclic) bond motifs is 1. The van der Waals surface area contributed by atoms with E-state index in [2.05, 4.69) is 9.97 Å². The summed E-state index contributed by atoms with van der Waals surface area (Å²) < 4.78 is 0. The van der Waals surface area contributed by atoms with Crippen LogP contribution in [0.4, 0.5) is 5.95 Å². The van der Waals surface area contributed by atoms with E-state index in [4.69, 9.17) is 5.73 Å². The van der Waals surface area contributed by atoms with E-state index < -0.39 is 0 Å². The van der Waals surface area contributed by atoms with Crippen molar-refractivity contribution in [2.24, 2.45) is 0 Å². The molecule has 11 heavy (non-hydrogen) atoms. The summed E-state index contributed by atoms with van der Waals surface area (Å²) in [4.78, 5) is 7.24. The molecule has 2 rings (SSSR count). The van der Waals surface area contributed by atoms with Crippen molar-refractivity contribution in [3.8, 4) is 0 Å². The Balaban J connectivity index is 0.000000605. The Bertz CT molecular complexity index is 220. The van der Waals surface area contributed by atoms with Gasteiger partial charge in [0.2, 0.25) is 0 Å². The number of aryl methyl sites for hydroxylation is 2. The number of hydrogen-bond acceptors (Lipinski definition) is 2. The fraction of sp³-hybridized carbons (Fsp3) is 0.571. The van der Waals surface area contributed by atoms with Crippen LogP contribution in [0.5, 0.6) is 0 Å². The lowest BCUT2D eigenvalue weighted by atomic mass is 10.0. The van der Waals surface area contributed by atoms with Gasteiger partial charge in [-0.1, -0.05) is 0 Å². The molecule has 0 unspecified atom stereocenters. The van der Waals surface area contributed by atoms with Crippen molar-refractivity contribution < 1.29 is 0 Å². The first-order chi connectivity index (χ1) is 4.86. The number of hydrogen-bond donors (Lipinski definition) is 2. The number of aromatic nitrogens is 2. The summed E-state index contributed by atoms with van der Waals surface area (Å²) in [5.74, 6) is 0.576. The largest absolute Gasteiger partial charge is 0.369 e. The summed E-state index contributed by atoms with van der Waals surface area (Å²) in [5, 5.41) is 0. The summed E-state index contributed by atoms with van der Waals surface area (Å²) in [6.07, 6.45) is 4.76. The number of halogens is 1. The zero-order valence-electron chi connectivity index (χ0n) is 6.26. The van der Waals surface area contributed by atoms with E-state index in [9.17, 15) is 0 Å². The predicted molar refractivity (Wildman–Crippen MR) is 46.9 cm³/mol. The minimum atomic E-state index is 0. The van der Waals surface area contributed by atoms with E-state index in [-0.39, 0.29) is 12.4 Å². The highest BCUT2D eigenvalue weighted by Crippen LogP contribution is 2.18. The molecule has 1 aliphatic carbocycles. The van der Waals surface area contributed by atoms with Gasteiger partial charge in [-0.2, -0.15) is 0 Å². The lowest BCUT2D eigenvalue weighted by molar-refractivity contribution is 0.667. The average Bonchev–Trinajstić information content (AvgIpc) is 2.27. The van der Waals surface area contributed by atoms with E-state index in [1.807, 2.05) is 0 Å². The van der Waals surface area contributed by atoms with Crippen LogP contribution in [0.1, 0.15) is 24.2 Å². The molecule has 4 heteroatoms. The fourth-order valence-electron chi connectivity index (χ4n) is 1.48. The zero-order chi connectivity index (χ0) is 6.97. The Labute approximate surface area is 71.8 Å². The molecule has 0 spiro atoms. The van der Waals surface area contributed by atoms with Gasteiger partial charge in [-0.25, -0.2) is 4.98 Å². The maximum atomic E-state index is 5.49. The molecule has 1 aliphatic rings. The number of rotatable bonds is 0. The van der Waals surface area contributed by atoms with Crippen LogP contribution in [0, 0.1) is 0 Å². The molecule has 0 bridgehead atoms. The topological polar surface area (TPSA) is 54.7 Å². The third kappa shape index (κ3) is 1.48. The van der Waals surface area contributed by atoms with Crippen molar-refractivity contribution in [1.29, 1.82) is 0 Å². The SMILES string of the molecule is Cl.Nc1nc2c([nH]1)CCCC2. The van der Waals surface area contributed by atoms with E-state index in [1.54, 1.807) is 0 Å². The predicted octanol–water partition coefficient (Wildman–Crippen LogP) is 1.29. The first-order valence-corrected chi connectivity index (χ1v) is 3.69. The molecule has 0 aromatic carbocycles. The van der Waals surface area contributed by atoms with Crippen molar-refractivity contribution in [2.75, 3.05) is 5.73 Å².